The molecule has 0 aromatic heterocycles. The average molecular weight is 353 g/mol. The number of aliphatic carboxylic acids is 1. The molecule has 0 aliphatic carbocycles. The number of hydrogen-bond donors (Lipinski definition) is 1. The molecule has 0 amide bonds. The van der Waals surface area contributed by atoms with Gasteiger partial charge in [0.2, 0.25) is 0 Å². The van der Waals surface area contributed by atoms with Gasteiger partial charge in [-0.25, -0.2) is 4.79 Å². The topological polar surface area (TPSA) is 54.4 Å². The Morgan fingerprint density at radius 2 is 1.24 bits per heavy atom. The van der Waals surface area contributed by atoms with Crippen LogP contribution in [-0.4, -0.2) is 17.0 Å². The number of carbonyl (C=O) groups excluding carboxylic acids is 1. The van der Waals surface area contributed by atoms with Gasteiger partial charge in [0.25, 0.3) is 0 Å². The number of unbranched alkanes of at least 4 members (excludes halogenated alkanes) is 11. The summed E-state index contributed by atoms with van der Waals surface area (Å²) >= 11 is 0. The van der Waals surface area contributed by atoms with E-state index in [0.29, 0.717) is 0 Å². The van der Waals surface area contributed by atoms with Gasteiger partial charge in [-0.3, -0.25) is 4.79 Å². The second kappa shape index (κ2) is 17.7. The summed E-state index contributed by atoms with van der Waals surface area (Å²) in [4.78, 5) is 21.7. The zero-order valence-corrected chi connectivity index (χ0v) is 16.7. The van der Waals surface area contributed by atoms with Gasteiger partial charge in [0.15, 0.2) is 0 Å². The van der Waals surface area contributed by atoms with E-state index in [2.05, 4.69) is 12.9 Å². The highest BCUT2D eigenvalue weighted by Crippen LogP contribution is 2.17. The Morgan fingerprint density at radius 1 is 0.800 bits per heavy atom. The lowest BCUT2D eigenvalue weighted by molar-refractivity contribution is -0.141. The SMILES string of the molecule is CCCCCCC(=C=O)CCCCCCCCCCCC(C)C(=O)O. The lowest BCUT2D eigenvalue weighted by atomic mass is 10.00. The molecule has 0 aliphatic rings. The van der Waals surface area contributed by atoms with Crippen LogP contribution < -0.4 is 0 Å². The van der Waals surface area contributed by atoms with Crippen LogP contribution in [0.1, 0.15) is 117 Å². The van der Waals surface area contributed by atoms with E-state index in [-0.39, 0.29) is 5.92 Å². The summed E-state index contributed by atoms with van der Waals surface area (Å²) in [7, 11) is 0. The third kappa shape index (κ3) is 16.2. The summed E-state index contributed by atoms with van der Waals surface area (Å²) in [5.74, 6) is 1.28. The fourth-order valence-electron chi connectivity index (χ4n) is 3.14. The molecule has 146 valence electrons. The van der Waals surface area contributed by atoms with Gasteiger partial charge in [-0.05, 0) is 32.1 Å². The molecule has 0 aliphatic heterocycles. The number of carboxylic acid groups (broad SMARTS) is 1. The maximum absolute atomic E-state index is 10.9. The van der Waals surface area contributed by atoms with Crippen molar-refractivity contribution in [2.45, 2.75) is 117 Å². The van der Waals surface area contributed by atoms with Gasteiger partial charge in [0.05, 0.1) is 5.92 Å². The first-order valence-electron chi connectivity index (χ1n) is 10.6. The first-order chi connectivity index (χ1) is 12.1. The summed E-state index contributed by atoms with van der Waals surface area (Å²) in [5, 5.41) is 8.82. The van der Waals surface area contributed by atoms with Gasteiger partial charge < -0.3 is 5.11 Å². The van der Waals surface area contributed by atoms with E-state index >= 15 is 0 Å². The summed E-state index contributed by atoms with van der Waals surface area (Å²) in [5.41, 5.74) is 0.992. The third-order valence-electron chi connectivity index (χ3n) is 5.01. The highest BCUT2D eigenvalue weighted by atomic mass is 16.4. The van der Waals surface area contributed by atoms with Gasteiger partial charge in [-0.1, -0.05) is 84.5 Å². The van der Waals surface area contributed by atoms with Crippen molar-refractivity contribution < 1.29 is 14.7 Å². The molecule has 0 spiro atoms. The van der Waals surface area contributed by atoms with Crippen LogP contribution in [0.5, 0.6) is 0 Å². The maximum atomic E-state index is 10.9. The zero-order valence-electron chi connectivity index (χ0n) is 16.7. The predicted octanol–water partition coefficient (Wildman–Crippen LogP) is 6.73. The minimum Gasteiger partial charge on any atom is -0.481 e. The molecule has 0 aromatic carbocycles. The van der Waals surface area contributed by atoms with Crippen molar-refractivity contribution in [1.82, 2.24) is 0 Å². The van der Waals surface area contributed by atoms with Gasteiger partial charge in [0.1, 0.15) is 5.94 Å². The summed E-state index contributed by atoms with van der Waals surface area (Å²) in [6.07, 6.45) is 18.4. The van der Waals surface area contributed by atoms with E-state index in [1.165, 1.54) is 57.8 Å². The molecule has 0 aromatic rings. The van der Waals surface area contributed by atoms with Crippen molar-refractivity contribution in [3.63, 3.8) is 0 Å². The van der Waals surface area contributed by atoms with E-state index in [4.69, 9.17) is 5.11 Å². The van der Waals surface area contributed by atoms with Gasteiger partial charge in [-0.15, -0.1) is 0 Å². The van der Waals surface area contributed by atoms with Crippen molar-refractivity contribution in [1.29, 1.82) is 0 Å². The fourth-order valence-corrected chi connectivity index (χ4v) is 3.14. The average Bonchev–Trinajstić information content (AvgIpc) is 2.60. The van der Waals surface area contributed by atoms with Gasteiger partial charge >= 0.3 is 5.97 Å². The molecule has 0 heterocycles. The standard InChI is InChI=1S/C22H40O3/c1-3-4-5-14-17-21(19-23)18-15-12-10-8-6-7-9-11-13-16-20(2)22(24)25/h20H,3-18H2,1-2H3,(H,24,25). The van der Waals surface area contributed by atoms with Crippen LogP contribution in [0.4, 0.5) is 0 Å². The highest BCUT2D eigenvalue weighted by Gasteiger charge is 2.09. The first-order valence-corrected chi connectivity index (χ1v) is 10.6. The second-order valence-corrected chi connectivity index (χ2v) is 7.48. The van der Waals surface area contributed by atoms with Crippen molar-refractivity contribution in [3.05, 3.63) is 5.57 Å². The van der Waals surface area contributed by atoms with Crippen molar-refractivity contribution in [2.75, 3.05) is 0 Å². The van der Waals surface area contributed by atoms with Crippen molar-refractivity contribution >= 4 is 11.9 Å². The molecule has 1 unspecified atom stereocenters. The number of carbonyl (C=O) groups is 1. The molecule has 3 nitrogen and oxygen atoms in total. The molecule has 1 N–H and O–H groups in total. The van der Waals surface area contributed by atoms with Crippen LogP contribution in [0.3, 0.4) is 0 Å². The molecular formula is C22H40O3. The Labute approximate surface area is 155 Å². The molecule has 0 rings (SSSR count). The van der Waals surface area contributed by atoms with E-state index < -0.39 is 5.97 Å². The second-order valence-electron chi connectivity index (χ2n) is 7.48. The van der Waals surface area contributed by atoms with Crippen LogP contribution in [0, 0.1) is 5.92 Å². The fraction of sp³-hybridized carbons (Fsp3) is 0.864. The van der Waals surface area contributed by atoms with E-state index in [0.717, 1.165) is 50.5 Å². The van der Waals surface area contributed by atoms with Gasteiger partial charge in [0, 0.05) is 5.57 Å². The van der Waals surface area contributed by atoms with Crippen LogP contribution in [0.2, 0.25) is 0 Å². The van der Waals surface area contributed by atoms with Crippen molar-refractivity contribution in [3.8, 4) is 0 Å². The Morgan fingerprint density at radius 3 is 1.68 bits per heavy atom. The molecule has 1 atom stereocenters. The Kier molecular flexibility index (Phi) is 17.0. The minimum atomic E-state index is -0.673. The number of allylic oxidation sites excluding steroid dienone is 1. The first kappa shape index (κ1) is 23.9. The number of carboxylic acids is 1. The molecule has 0 saturated heterocycles. The van der Waals surface area contributed by atoms with E-state index in [9.17, 15) is 9.59 Å². The molecule has 3 heteroatoms. The van der Waals surface area contributed by atoms with E-state index in [1.54, 1.807) is 6.92 Å². The van der Waals surface area contributed by atoms with Crippen LogP contribution >= 0.6 is 0 Å². The summed E-state index contributed by atoms with van der Waals surface area (Å²) < 4.78 is 0. The van der Waals surface area contributed by atoms with E-state index in [1.807, 2.05) is 0 Å². The highest BCUT2D eigenvalue weighted by molar-refractivity contribution is 5.69. The molecule has 0 bridgehead atoms. The van der Waals surface area contributed by atoms with Crippen molar-refractivity contribution in [2.24, 2.45) is 5.92 Å². The monoisotopic (exact) mass is 352 g/mol. The Balaban J connectivity index is 3.35. The number of rotatable bonds is 18. The number of hydrogen-bond acceptors (Lipinski definition) is 2. The minimum absolute atomic E-state index is 0.197. The quantitative estimate of drug-likeness (QED) is 0.220. The van der Waals surface area contributed by atoms with Crippen LogP contribution in [0.25, 0.3) is 0 Å². The van der Waals surface area contributed by atoms with Crippen LogP contribution in [-0.2, 0) is 9.59 Å². The summed E-state index contributed by atoms with van der Waals surface area (Å²) in [6, 6.07) is 0. The van der Waals surface area contributed by atoms with Gasteiger partial charge in [-0.2, -0.15) is 0 Å². The lowest BCUT2D eigenvalue weighted by Crippen LogP contribution is -2.08. The smallest absolute Gasteiger partial charge is 0.306 e. The molecule has 0 saturated carbocycles. The Bertz CT molecular complexity index is 369. The molecular weight excluding hydrogens is 312 g/mol. The molecule has 25 heavy (non-hydrogen) atoms. The Hall–Kier alpha value is -1.08. The zero-order chi connectivity index (χ0) is 18.8. The normalized spacial score (nSPS) is 11.9. The van der Waals surface area contributed by atoms with Crippen LogP contribution in [0.15, 0.2) is 5.57 Å². The largest absolute Gasteiger partial charge is 0.481 e. The third-order valence-corrected chi connectivity index (χ3v) is 5.01. The predicted molar refractivity (Wildman–Crippen MR) is 106 cm³/mol. The maximum Gasteiger partial charge on any atom is 0.306 e. The summed E-state index contributed by atoms with van der Waals surface area (Å²) in [6.45, 7) is 4.00. The lowest BCUT2D eigenvalue weighted by Gasteiger charge is -2.06. The molecule has 0 fully saturated rings. The molecule has 0 radical (unpaired) electrons.